The summed E-state index contributed by atoms with van der Waals surface area (Å²) in [5, 5.41) is -0.171. The van der Waals surface area contributed by atoms with E-state index in [1.54, 1.807) is 24.3 Å². The molecule has 0 saturated carbocycles. The Hall–Kier alpha value is -4.50. The third-order valence-corrected chi connectivity index (χ3v) is 8.86. The van der Waals surface area contributed by atoms with Gasteiger partial charge in [0.2, 0.25) is 0 Å². The predicted octanol–water partition coefficient (Wildman–Crippen LogP) is 5.14. The van der Waals surface area contributed by atoms with E-state index in [0.29, 0.717) is 42.6 Å². The minimum absolute atomic E-state index is 0.112. The molecule has 1 atom stereocenters. The van der Waals surface area contributed by atoms with Crippen molar-refractivity contribution in [2.45, 2.75) is 49.2 Å². The topological polar surface area (TPSA) is 128 Å². The van der Waals surface area contributed by atoms with Crippen LogP contribution in [0.1, 0.15) is 36.0 Å². The van der Waals surface area contributed by atoms with E-state index in [9.17, 15) is 18.0 Å². The van der Waals surface area contributed by atoms with Gasteiger partial charge >= 0.3 is 5.97 Å². The van der Waals surface area contributed by atoms with E-state index in [1.807, 2.05) is 60.7 Å². The highest BCUT2D eigenvalue weighted by molar-refractivity contribution is 7.92. The molecule has 0 spiro atoms. The lowest BCUT2D eigenvalue weighted by Gasteiger charge is -2.39. The molecule has 216 valence electrons. The molecule has 0 bridgehead atoms. The normalized spacial score (nSPS) is 16.5. The number of ether oxygens (including phenoxy) is 1. The number of nitrogens with zero attached hydrogens (tertiary/aromatic N) is 1. The fraction of sp³-hybridized carbons (Fsp3) is 0.242. The first kappa shape index (κ1) is 29.0. The standard InChI is InChI=1S/C33H33N3O5S/c34-27-14-15-31(35-23-27)42(39,40)36-28-13-7-12-26(20-28)21-29-30(37)22-33(41-32(29)38,18-16-24-8-3-1-4-9-24)19-17-25-10-5-2-6-11-25/h1-15,20,23,29,36H,16-19,21-22,34H2. The second-order valence-corrected chi connectivity index (χ2v) is 12.3. The number of anilines is 2. The zero-order valence-corrected chi connectivity index (χ0v) is 23.9. The quantitative estimate of drug-likeness (QED) is 0.185. The number of aromatic nitrogens is 1. The number of carbonyl (C=O) groups is 2. The van der Waals surface area contributed by atoms with Gasteiger partial charge in [-0.1, -0.05) is 72.8 Å². The largest absolute Gasteiger partial charge is 0.458 e. The van der Waals surface area contributed by atoms with Crippen molar-refractivity contribution in [3.8, 4) is 0 Å². The Bertz CT molecular complexity index is 1580. The minimum atomic E-state index is -3.95. The third-order valence-electron chi connectivity index (χ3n) is 7.56. The van der Waals surface area contributed by atoms with Crippen LogP contribution in [0, 0.1) is 5.92 Å². The molecule has 42 heavy (non-hydrogen) atoms. The Morgan fingerprint density at radius 1 is 0.833 bits per heavy atom. The Kier molecular flexibility index (Phi) is 8.68. The summed E-state index contributed by atoms with van der Waals surface area (Å²) >= 11 is 0. The van der Waals surface area contributed by atoms with E-state index in [0.717, 1.165) is 11.1 Å². The molecule has 1 unspecified atom stereocenters. The van der Waals surface area contributed by atoms with Crippen LogP contribution in [0.3, 0.4) is 0 Å². The van der Waals surface area contributed by atoms with Crippen LogP contribution in [0.2, 0.25) is 0 Å². The van der Waals surface area contributed by atoms with Crippen molar-refractivity contribution in [3.05, 3.63) is 120 Å². The fourth-order valence-corrected chi connectivity index (χ4v) is 6.26. The number of ketones is 1. The number of sulfonamides is 1. The maximum Gasteiger partial charge on any atom is 0.317 e. The van der Waals surface area contributed by atoms with Gasteiger partial charge < -0.3 is 10.5 Å². The number of benzene rings is 3. The number of nitrogens with one attached hydrogen (secondary N) is 1. The van der Waals surface area contributed by atoms with Gasteiger partial charge in [0.05, 0.1) is 11.9 Å². The summed E-state index contributed by atoms with van der Waals surface area (Å²) in [5.41, 5.74) is 8.25. The molecule has 9 heteroatoms. The van der Waals surface area contributed by atoms with Crippen LogP contribution in [0.15, 0.2) is 108 Å². The first-order valence-electron chi connectivity index (χ1n) is 13.9. The predicted molar refractivity (Wildman–Crippen MR) is 161 cm³/mol. The molecule has 5 rings (SSSR count). The molecular weight excluding hydrogens is 550 g/mol. The SMILES string of the molecule is Nc1ccc(S(=O)(=O)Nc2cccc(CC3C(=O)CC(CCc4ccccc4)(CCc4ccccc4)OC3=O)c2)nc1. The lowest BCUT2D eigenvalue weighted by Crippen LogP contribution is -2.48. The molecule has 0 amide bonds. The summed E-state index contributed by atoms with van der Waals surface area (Å²) in [7, 11) is -3.95. The molecule has 1 aromatic heterocycles. The highest BCUT2D eigenvalue weighted by Crippen LogP contribution is 2.36. The molecule has 1 fully saturated rings. The number of hydrogen-bond acceptors (Lipinski definition) is 7. The summed E-state index contributed by atoms with van der Waals surface area (Å²) in [6, 6.07) is 29.3. The second-order valence-electron chi connectivity index (χ2n) is 10.7. The van der Waals surface area contributed by atoms with Crippen molar-refractivity contribution < 1.29 is 22.7 Å². The molecule has 1 aliphatic rings. The van der Waals surface area contributed by atoms with E-state index in [-0.39, 0.29) is 23.7 Å². The average Bonchev–Trinajstić information content (AvgIpc) is 2.98. The first-order chi connectivity index (χ1) is 20.2. The van der Waals surface area contributed by atoms with Crippen LogP contribution in [0.4, 0.5) is 11.4 Å². The molecule has 4 aromatic rings. The maximum atomic E-state index is 13.5. The number of nitrogens with two attached hydrogens (primary N) is 1. The molecular formula is C33H33N3O5S. The highest BCUT2D eigenvalue weighted by Gasteiger charge is 2.46. The van der Waals surface area contributed by atoms with Crippen molar-refractivity contribution in [3.63, 3.8) is 0 Å². The number of esters is 1. The summed E-state index contributed by atoms with van der Waals surface area (Å²) in [6.07, 6.45) is 3.98. The number of nitrogen functional groups attached to an aromatic ring is 1. The monoisotopic (exact) mass is 583 g/mol. The van der Waals surface area contributed by atoms with Crippen molar-refractivity contribution in [1.29, 1.82) is 0 Å². The molecule has 2 heterocycles. The van der Waals surface area contributed by atoms with Gasteiger partial charge in [-0.15, -0.1) is 0 Å². The van der Waals surface area contributed by atoms with E-state index in [1.165, 1.54) is 18.3 Å². The number of rotatable bonds is 11. The Morgan fingerprint density at radius 2 is 1.45 bits per heavy atom. The van der Waals surface area contributed by atoms with Crippen molar-refractivity contribution >= 4 is 33.2 Å². The zero-order valence-electron chi connectivity index (χ0n) is 23.1. The van der Waals surface area contributed by atoms with Crippen LogP contribution in [0.5, 0.6) is 0 Å². The van der Waals surface area contributed by atoms with Gasteiger partial charge in [-0.25, -0.2) is 4.98 Å². The van der Waals surface area contributed by atoms with Gasteiger partial charge in [0.25, 0.3) is 10.0 Å². The van der Waals surface area contributed by atoms with Crippen LogP contribution in [-0.4, -0.2) is 30.8 Å². The van der Waals surface area contributed by atoms with Crippen LogP contribution in [-0.2, 0) is 43.6 Å². The van der Waals surface area contributed by atoms with Crippen LogP contribution in [0.25, 0.3) is 0 Å². The molecule has 8 nitrogen and oxygen atoms in total. The minimum Gasteiger partial charge on any atom is -0.458 e. The average molecular weight is 584 g/mol. The molecule has 3 aromatic carbocycles. The number of cyclic esters (lactones) is 1. The smallest absolute Gasteiger partial charge is 0.317 e. The van der Waals surface area contributed by atoms with Gasteiger partial charge in [0.1, 0.15) is 11.5 Å². The molecule has 0 radical (unpaired) electrons. The van der Waals surface area contributed by atoms with Crippen molar-refractivity contribution in [2.75, 3.05) is 10.5 Å². The van der Waals surface area contributed by atoms with Gasteiger partial charge in [-0.2, -0.15) is 8.42 Å². The van der Waals surface area contributed by atoms with E-state index < -0.39 is 27.5 Å². The summed E-state index contributed by atoms with van der Waals surface area (Å²) < 4.78 is 34.2. The van der Waals surface area contributed by atoms with E-state index in [4.69, 9.17) is 10.5 Å². The maximum absolute atomic E-state index is 13.5. The van der Waals surface area contributed by atoms with E-state index >= 15 is 0 Å². The van der Waals surface area contributed by atoms with Gasteiger partial charge in [-0.3, -0.25) is 14.3 Å². The number of carbonyl (C=O) groups excluding carboxylic acids is 2. The first-order valence-corrected chi connectivity index (χ1v) is 15.4. The molecule has 1 saturated heterocycles. The number of hydrogen-bond donors (Lipinski definition) is 2. The molecule has 1 aliphatic heterocycles. The molecule has 0 aliphatic carbocycles. The summed E-state index contributed by atoms with van der Waals surface area (Å²) in [4.78, 5) is 30.8. The van der Waals surface area contributed by atoms with Crippen molar-refractivity contribution in [2.24, 2.45) is 5.92 Å². The van der Waals surface area contributed by atoms with Gasteiger partial charge in [-0.05, 0) is 73.1 Å². The van der Waals surface area contributed by atoms with Gasteiger partial charge in [0.15, 0.2) is 10.8 Å². The Balaban J connectivity index is 1.30. The lowest BCUT2D eigenvalue weighted by molar-refractivity contribution is -0.179. The fourth-order valence-electron chi connectivity index (χ4n) is 5.28. The van der Waals surface area contributed by atoms with Crippen molar-refractivity contribution in [1.82, 2.24) is 4.98 Å². The van der Waals surface area contributed by atoms with Crippen LogP contribution < -0.4 is 10.5 Å². The summed E-state index contributed by atoms with van der Waals surface area (Å²) in [6.45, 7) is 0. The third kappa shape index (κ3) is 7.22. The lowest BCUT2D eigenvalue weighted by atomic mass is 9.78. The zero-order chi connectivity index (χ0) is 29.6. The van der Waals surface area contributed by atoms with E-state index in [2.05, 4.69) is 9.71 Å². The second kappa shape index (κ2) is 12.6. The summed E-state index contributed by atoms with van der Waals surface area (Å²) in [5.74, 6) is -1.66. The number of pyridine rings is 1. The number of aryl methyl sites for hydroxylation is 2. The Morgan fingerprint density at radius 3 is 2.02 bits per heavy atom. The Labute approximate surface area is 246 Å². The van der Waals surface area contributed by atoms with Gasteiger partial charge in [0, 0.05) is 12.1 Å². The van der Waals surface area contributed by atoms with Crippen LogP contribution >= 0.6 is 0 Å². The molecule has 3 N–H and O–H groups in total. The number of Topliss-reactive ketones (excluding diaryl/α,β-unsaturated/α-hetero) is 1. The highest BCUT2D eigenvalue weighted by atomic mass is 32.2.